The third kappa shape index (κ3) is 3.06. The molecule has 0 spiro atoms. The summed E-state index contributed by atoms with van der Waals surface area (Å²) in [5.41, 5.74) is 0. The zero-order valence-corrected chi connectivity index (χ0v) is 9.34. The maximum Gasteiger partial charge on any atom is 0.135 e. The van der Waals surface area contributed by atoms with Gasteiger partial charge >= 0.3 is 0 Å². The van der Waals surface area contributed by atoms with Crippen molar-refractivity contribution in [1.82, 2.24) is 0 Å². The SMILES string of the molecule is BP(C(C)(C)C)C(C)(C)C. The molecule has 0 aromatic carbocycles. The van der Waals surface area contributed by atoms with Crippen LogP contribution >= 0.6 is 7.80 Å². The molecule has 0 nitrogen and oxygen atoms in total. The van der Waals surface area contributed by atoms with E-state index in [1.54, 1.807) is 0 Å². The fourth-order valence-corrected chi connectivity index (χ4v) is 3.02. The van der Waals surface area contributed by atoms with E-state index in [4.69, 9.17) is 0 Å². The Morgan fingerprint density at radius 1 is 0.800 bits per heavy atom. The van der Waals surface area contributed by atoms with Crippen LogP contribution in [0, 0.1) is 0 Å². The minimum absolute atomic E-state index is 0.137. The fourth-order valence-electron chi connectivity index (χ4n) is 1.01. The summed E-state index contributed by atoms with van der Waals surface area (Å²) < 4.78 is 0. The van der Waals surface area contributed by atoms with Crippen LogP contribution in [0.4, 0.5) is 0 Å². The number of hydrogen-bond donors (Lipinski definition) is 0. The van der Waals surface area contributed by atoms with Gasteiger partial charge in [0, 0.05) is 0 Å². The average Bonchev–Trinajstić information content (AvgIpc) is 1.59. The van der Waals surface area contributed by atoms with E-state index in [1.807, 2.05) is 0 Å². The van der Waals surface area contributed by atoms with Gasteiger partial charge in [-0.1, -0.05) is 41.5 Å². The predicted molar refractivity (Wildman–Crippen MR) is 55.0 cm³/mol. The number of hydrogen-bond acceptors (Lipinski definition) is 0. The van der Waals surface area contributed by atoms with E-state index in [-0.39, 0.29) is 7.80 Å². The summed E-state index contributed by atoms with van der Waals surface area (Å²) in [6, 6.07) is 0. The Hall–Kier alpha value is 0.495. The Balaban J connectivity index is 4.23. The van der Waals surface area contributed by atoms with Gasteiger partial charge in [-0.2, -0.15) is 0 Å². The largest absolute Gasteiger partial charge is 0.138 e. The van der Waals surface area contributed by atoms with Gasteiger partial charge in [-0.25, -0.2) is 0 Å². The van der Waals surface area contributed by atoms with Gasteiger partial charge in [-0.15, -0.1) is 7.80 Å². The molecule has 0 fully saturated rings. The minimum Gasteiger partial charge on any atom is -0.138 e. The van der Waals surface area contributed by atoms with E-state index in [0.29, 0.717) is 10.3 Å². The first-order valence-electron chi connectivity index (χ1n) is 3.89. The van der Waals surface area contributed by atoms with Crippen LogP contribution in [-0.4, -0.2) is 17.9 Å². The molecular formula is C8H20BP. The zero-order chi connectivity index (χ0) is 8.58. The quantitative estimate of drug-likeness (QED) is 0.375. The molecular weight excluding hydrogens is 138 g/mol. The molecule has 0 rings (SSSR count). The van der Waals surface area contributed by atoms with Gasteiger partial charge in [0.25, 0.3) is 0 Å². The molecule has 0 saturated heterocycles. The van der Waals surface area contributed by atoms with Crippen molar-refractivity contribution < 1.29 is 0 Å². The lowest BCUT2D eigenvalue weighted by molar-refractivity contribution is 0.719. The zero-order valence-electron chi connectivity index (χ0n) is 8.45. The normalized spacial score (nSPS) is 14.3. The molecule has 0 aliphatic heterocycles. The lowest BCUT2D eigenvalue weighted by Crippen LogP contribution is -2.24. The summed E-state index contributed by atoms with van der Waals surface area (Å²) in [6.07, 6.45) is 0. The highest BCUT2D eigenvalue weighted by molar-refractivity contribution is 7.84. The number of rotatable bonds is 0. The maximum atomic E-state index is 2.40. The van der Waals surface area contributed by atoms with E-state index >= 15 is 0 Å². The van der Waals surface area contributed by atoms with E-state index in [9.17, 15) is 0 Å². The molecule has 0 N–H and O–H groups in total. The Morgan fingerprint density at radius 2 is 1.00 bits per heavy atom. The van der Waals surface area contributed by atoms with Crippen LogP contribution in [-0.2, 0) is 0 Å². The molecule has 0 heterocycles. The van der Waals surface area contributed by atoms with E-state index in [0.717, 1.165) is 0 Å². The van der Waals surface area contributed by atoms with E-state index < -0.39 is 0 Å². The molecule has 0 radical (unpaired) electrons. The second-order valence-corrected chi connectivity index (χ2v) is 8.70. The molecule has 0 saturated carbocycles. The third-order valence-corrected chi connectivity index (χ3v) is 6.04. The van der Waals surface area contributed by atoms with Gasteiger partial charge in [0.1, 0.15) is 7.57 Å². The maximum absolute atomic E-state index is 2.40. The Kier molecular flexibility index (Phi) is 3.00. The van der Waals surface area contributed by atoms with Crippen LogP contribution < -0.4 is 0 Å². The summed E-state index contributed by atoms with van der Waals surface area (Å²) in [6.45, 7) is 14.0. The molecule has 10 heavy (non-hydrogen) atoms. The van der Waals surface area contributed by atoms with Crippen LogP contribution in [0.15, 0.2) is 0 Å². The monoisotopic (exact) mass is 158 g/mol. The van der Waals surface area contributed by atoms with Crippen molar-refractivity contribution in [2.75, 3.05) is 0 Å². The lowest BCUT2D eigenvalue weighted by Gasteiger charge is -2.39. The molecule has 0 aromatic rings. The topological polar surface area (TPSA) is 0 Å². The first-order chi connectivity index (χ1) is 4.15. The molecule has 0 aliphatic carbocycles. The second-order valence-electron chi connectivity index (χ2n) is 4.90. The van der Waals surface area contributed by atoms with Crippen LogP contribution in [0.5, 0.6) is 0 Å². The fraction of sp³-hybridized carbons (Fsp3) is 1.00. The molecule has 0 aromatic heterocycles. The Morgan fingerprint density at radius 3 is 1.00 bits per heavy atom. The van der Waals surface area contributed by atoms with Gasteiger partial charge in [0.15, 0.2) is 0 Å². The van der Waals surface area contributed by atoms with Crippen molar-refractivity contribution in [3.05, 3.63) is 0 Å². The van der Waals surface area contributed by atoms with Crippen molar-refractivity contribution in [3.63, 3.8) is 0 Å². The third-order valence-electron chi connectivity index (χ3n) is 2.01. The average molecular weight is 158 g/mol. The van der Waals surface area contributed by atoms with Crippen LogP contribution in [0.2, 0.25) is 0 Å². The van der Waals surface area contributed by atoms with E-state index in [2.05, 4.69) is 49.1 Å². The van der Waals surface area contributed by atoms with Crippen LogP contribution in [0.1, 0.15) is 41.5 Å². The molecule has 0 unspecified atom stereocenters. The smallest absolute Gasteiger partial charge is 0.135 e. The van der Waals surface area contributed by atoms with E-state index in [1.165, 1.54) is 0 Å². The standard InChI is InChI=1S/C8H20BP/c1-7(2,3)10(9)8(4,5)6/h9H2,1-6H3. The van der Waals surface area contributed by atoms with Crippen molar-refractivity contribution >= 4 is 15.4 Å². The molecule has 0 amide bonds. The predicted octanol–water partition coefficient (Wildman–Crippen LogP) is 2.61. The highest BCUT2D eigenvalue weighted by Gasteiger charge is 2.29. The van der Waals surface area contributed by atoms with Crippen molar-refractivity contribution in [1.29, 1.82) is 0 Å². The summed E-state index contributed by atoms with van der Waals surface area (Å²) in [4.78, 5) is 0. The van der Waals surface area contributed by atoms with Gasteiger partial charge in [-0.3, -0.25) is 0 Å². The van der Waals surface area contributed by atoms with Crippen molar-refractivity contribution in [2.24, 2.45) is 0 Å². The van der Waals surface area contributed by atoms with Crippen molar-refractivity contribution in [3.8, 4) is 0 Å². The summed E-state index contributed by atoms with van der Waals surface area (Å²) in [7, 11) is 2.54. The highest BCUT2D eigenvalue weighted by Crippen LogP contribution is 2.55. The second kappa shape index (κ2) is 2.85. The summed E-state index contributed by atoms with van der Waals surface area (Å²) in [5.74, 6) is 0. The molecule has 60 valence electrons. The molecule has 0 bridgehead atoms. The highest BCUT2D eigenvalue weighted by atomic mass is 31.1. The minimum atomic E-state index is 0.137. The van der Waals surface area contributed by atoms with Crippen LogP contribution in [0.3, 0.4) is 0 Å². The lowest BCUT2D eigenvalue weighted by atomic mass is 10.2. The van der Waals surface area contributed by atoms with Gasteiger partial charge in [0.2, 0.25) is 0 Å². The van der Waals surface area contributed by atoms with Gasteiger partial charge in [0.05, 0.1) is 0 Å². The molecule has 0 atom stereocenters. The summed E-state index contributed by atoms with van der Waals surface area (Å²) >= 11 is 0. The Bertz CT molecular complexity index is 93.4. The van der Waals surface area contributed by atoms with Crippen LogP contribution in [0.25, 0.3) is 0 Å². The Labute approximate surface area is 67.9 Å². The first kappa shape index (κ1) is 10.5. The molecule has 2 heteroatoms. The molecule has 0 aliphatic rings. The first-order valence-corrected chi connectivity index (χ1v) is 5.68. The van der Waals surface area contributed by atoms with Crippen molar-refractivity contribution in [2.45, 2.75) is 51.9 Å². The summed E-state index contributed by atoms with van der Waals surface area (Å²) in [5, 5.41) is 1.02. The van der Waals surface area contributed by atoms with Gasteiger partial charge < -0.3 is 0 Å². The van der Waals surface area contributed by atoms with Gasteiger partial charge in [-0.05, 0) is 10.3 Å².